The highest BCUT2D eigenvalue weighted by Crippen LogP contribution is 2.31. The van der Waals surface area contributed by atoms with Gasteiger partial charge in [-0.25, -0.2) is 0 Å². The lowest BCUT2D eigenvalue weighted by molar-refractivity contribution is -0.133. The van der Waals surface area contributed by atoms with Gasteiger partial charge in [0.1, 0.15) is 8.96 Å². The van der Waals surface area contributed by atoms with E-state index in [1.807, 2.05) is 0 Å². The summed E-state index contributed by atoms with van der Waals surface area (Å²) < 4.78 is 2.10. The van der Waals surface area contributed by atoms with Gasteiger partial charge in [-0.3, -0.25) is 4.79 Å². The second kappa shape index (κ2) is 2.63. The van der Waals surface area contributed by atoms with Gasteiger partial charge in [0.2, 0.25) is 5.91 Å². The molecule has 2 nitrogen and oxygen atoms in total. The Hall–Kier alpha value is -0.313. The Bertz CT molecular complexity index is 173. The van der Waals surface area contributed by atoms with Crippen molar-refractivity contribution in [2.24, 2.45) is 0 Å². The van der Waals surface area contributed by atoms with E-state index in [4.69, 9.17) is 0 Å². The number of rotatable bonds is 1. The van der Waals surface area contributed by atoms with Crippen LogP contribution < -0.4 is 0 Å². The van der Waals surface area contributed by atoms with Gasteiger partial charge in [0.25, 0.3) is 0 Å². The van der Waals surface area contributed by atoms with Crippen molar-refractivity contribution in [3.63, 3.8) is 0 Å². The molecule has 1 unspecified atom stereocenters. The first-order valence-electron chi connectivity index (χ1n) is 4.22. The lowest BCUT2D eigenvalue weighted by Gasteiger charge is -2.42. The maximum absolute atomic E-state index is 11.1. The Morgan fingerprint density at radius 1 is 1.45 bits per heavy atom. The van der Waals surface area contributed by atoms with Crippen LogP contribution in [0.1, 0.15) is 27.2 Å². The molecule has 0 saturated carbocycles. The number of nitrogens with zero attached hydrogens (tertiary/aromatic N) is 1. The molecular formula is C8H17NOSi. The standard InChI is InChI=1S/C8H17NOSi/c1-8(2,3)11(4)9-6-5-7(9)10/h11H,5-6H2,1-4H3. The van der Waals surface area contributed by atoms with Crippen molar-refractivity contribution < 1.29 is 4.79 Å². The lowest BCUT2D eigenvalue weighted by Crippen LogP contribution is -2.54. The minimum Gasteiger partial charge on any atom is -0.371 e. The molecule has 3 heteroatoms. The summed E-state index contributed by atoms with van der Waals surface area (Å²) in [6.45, 7) is 9.97. The lowest BCUT2D eigenvalue weighted by atomic mass is 10.2. The highest BCUT2D eigenvalue weighted by molar-refractivity contribution is 6.61. The molecule has 1 saturated heterocycles. The van der Waals surface area contributed by atoms with Crippen molar-refractivity contribution in [1.82, 2.24) is 4.57 Å². The van der Waals surface area contributed by atoms with Crippen LogP contribution in [-0.4, -0.2) is 26.0 Å². The van der Waals surface area contributed by atoms with Crippen LogP contribution in [0.25, 0.3) is 0 Å². The molecule has 0 N–H and O–H groups in total. The molecule has 1 amide bonds. The molecule has 11 heavy (non-hydrogen) atoms. The molecule has 0 aliphatic carbocycles. The first-order chi connectivity index (χ1) is 4.93. The highest BCUT2D eigenvalue weighted by atomic mass is 28.3. The summed E-state index contributed by atoms with van der Waals surface area (Å²) in [5.41, 5.74) is 0. The highest BCUT2D eigenvalue weighted by Gasteiger charge is 2.35. The van der Waals surface area contributed by atoms with Crippen molar-refractivity contribution >= 4 is 14.9 Å². The fourth-order valence-electron chi connectivity index (χ4n) is 1.21. The van der Waals surface area contributed by atoms with E-state index in [1.165, 1.54) is 0 Å². The average molecular weight is 171 g/mol. The topological polar surface area (TPSA) is 20.3 Å². The van der Waals surface area contributed by atoms with Crippen LogP contribution in [0.15, 0.2) is 0 Å². The molecule has 1 fully saturated rings. The Labute approximate surface area is 70.3 Å². The van der Waals surface area contributed by atoms with Crippen LogP contribution in [0.2, 0.25) is 11.6 Å². The molecule has 1 rings (SSSR count). The van der Waals surface area contributed by atoms with Crippen molar-refractivity contribution in [3.8, 4) is 0 Å². The number of carbonyl (C=O) groups is 1. The maximum atomic E-state index is 11.1. The Balaban J connectivity index is 2.54. The largest absolute Gasteiger partial charge is 0.371 e. The molecule has 0 aromatic heterocycles. The SMILES string of the molecule is C[SiH](N1CCC1=O)C(C)(C)C. The third-order valence-corrected chi connectivity index (χ3v) is 6.60. The number of carbonyl (C=O) groups excluding carboxylic acids is 1. The zero-order valence-corrected chi connectivity index (χ0v) is 9.00. The van der Waals surface area contributed by atoms with E-state index >= 15 is 0 Å². The maximum Gasteiger partial charge on any atom is 0.216 e. The van der Waals surface area contributed by atoms with Crippen molar-refractivity contribution in [3.05, 3.63) is 0 Å². The predicted molar refractivity (Wildman–Crippen MR) is 49.1 cm³/mol. The molecule has 1 aliphatic heterocycles. The molecular weight excluding hydrogens is 154 g/mol. The summed E-state index contributed by atoms with van der Waals surface area (Å²) in [5.74, 6) is 0.374. The van der Waals surface area contributed by atoms with Crippen LogP contribution in [0.3, 0.4) is 0 Å². The van der Waals surface area contributed by atoms with E-state index in [0.717, 1.165) is 13.0 Å². The Morgan fingerprint density at radius 3 is 2.09 bits per heavy atom. The zero-order valence-electron chi connectivity index (χ0n) is 7.85. The quantitative estimate of drug-likeness (QED) is 0.431. The van der Waals surface area contributed by atoms with Gasteiger partial charge in [-0.05, 0) is 5.04 Å². The molecule has 64 valence electrons. The van der Waals surface area contributed by atoms with E-state index < -0.39 is 8.96 Å². The number of hydrogen-bond acceptors (Lipinski definition) is 1. The third-order valence-electron chi connectivity index (χ3n) is 2.61. The summed E-state index contributed by atoms with van der Waals surface area (Å²) in [4.78, 5) is 11.1. The molecule has 1 atom stereocenters. The minimum atomic E-state index is -0.972. The normalized spacial score (nSPS) is 21.5. The van der Waals surface area contributed by atoms with Crippen molar-refractivity contribution in [1.29, 1.82) is 0 Å². The summed E-state index contributed by atoms with van der Waals surface area (Å²) in [6.07, 6.45) is 0.785. The van der Waals surface area contributed by atoms with Gasteiger partial charge in [0.05, 0.1) is 0 Å². The molecule has 0 spiro atoms. The van der Waals surface area contributed by atoms with Gasteiger partial charge in [-0.15, -0.1) is 0 Å². The van der Waals surface area contributed by atoms with Gasteiger partial charge in [0.15, 0.2) is 0 Å². The summed E-state index contributed by atoms with van der Waals surface area (Å²) >= 11 is 0. The molecule has 0 bridgehead atoms. The molecule has 0 aromatic carbocycles. The summed E-state index contributed by atoms with van der Waals surface area (Å²) in [6, 6.07) is 0. The Morgan fingerprint density at radius 2 is 2.00 bits per heavy atom. The monoisotopic (exact) mass is 171 g/mol. The van der Waals surface area contributed by atoms with Crippen LogP contribution in [0.5, 0.6) is 0 Å². The summed E-state index contributed by atoms with van der Waals surface area (Å²) in [5, 5.41) is 0.357. The van der Waals surface area contributed by atoms with Gasteiger partial charge in [-0.1, -0.05) is 27.3 Å². The molecule has 0 radical (unpaired) electrons. The first kappa shape index (κ1) is 8.78. The predicted octanol–water partition coefficient (Wildman–Crippen LogP) is 1.37. The first-order valence-corrected chi connectivity index (χ1v) is 6.47. The van der Waals surface area contributed by atoms with Gasteiger partial charge < -0.3 is 4.57 Å². The number of amides is 1. The molecule has 0 aromatic rings. The van der Waals surface area contributed by atoms with Crippen LogP contribution in [0.4, 0.5) is 0 Å². The summed E-state index contributed by atoms with van der Waals surface area (Å²) in [7, 11) is -0.972. The Kier molecular flexibility index (Phi) is 2.10. The van der Waals surface area contributed by atoms with Crippen LogP contribution >= 0.6 is 0 Å². The van der Waals surface area contributed by atoms with E-state index in [-0.39, 0.29) is 0 Å². The van der Waals surface area contributed by atoms with Crippen molar-refractivity contribution in [2.45, 2.75) is 38.8 Å². The van der Waals surface area contributed by atoms with Crippen LogP contribution in [0, 0.1) is 0 Å². The van der Waals surface area contributed by atoms with Gasteiger partial charge >= 0.3 is 0 Å². The van der Waals surface area contributed by atoms with E-state index in [1.54, 1.807) is 0 Å². The second-order valence-corrected chi connectivity index (χ2v) is 8.09. The van der Waals surface area contributed by atoms with Gasteiger partial charge in [0, 0.05) is 13.0 Å². The average Bonchev–Trinajstić information content (AvgIpc) is 1.83. The van der Waals surface area contributed by atoms with E-state index in [2.05, 4.69) is 31.9 Å². The van der Waals surface area contributed by atoms with E-state index in [0.29, 0.717) is 10.9 Å². The molecule has 1 heterocycles. The molecule has 1 aliphatic rings. The third kappa shape index (κ3) is 1.64. The fourth-order valence-corrected chi connectivity index (χ4v) is 3.22. The zero-order chi connectivity index (χ0) is 8.65. The van der Waals surface area contributed by atoms with Crippen molar-refractivity contribution in [2.75, 3.05) is 6.54 Å². The van der Waals surface area contributed by atoms with Gasteiger partial charge in [-0.2, -0.15) is 0 Å². The van der Waals surface area contributed by atoms with E-state index in [9.17, 15) is 4.79 Å². The number of β-lactam (4-membered cyclic amide) rings is 1. The second-order valence-electron chi connectivity index (χ2n) is 4.38. The fraction of sp³-hybridized carbons (Fsp3) is 0.875. The number of hydrogen-bond donors (Lipinski definition) is 0. The smallest absolute Gasteiger partial charge is 0.216 e. The van der Waals surface area contributed by atoms with Crippen LogP contribution in [-0.2, 0) is 4.79 Å². The minimum absolute atomic E-state index is 0.357.